The number of hydrogen-bond donors (Lipinski definition) is 0. The fraction of sp³-hybridized carbons (Fsp3) is 0.929. The van der Waals surface area contributed by atoms with E-state index in [2.05, 4.69) is 23.6 Å². The first-order chi connectivity index (χ1) is 15.7. The van der Waals surface area contributed by atoms with E-state index in [-0.39, 0.29) is 0 Å². The summed E-state index contributed by atoms with van der Waals surface area (Å²) in [7, 11) is 0. The summed E-state index contributed by atoms with van der Waals surface area (Å²) in [5, 5.41) is 0. The number of unbranched alkanes of at least 4 members (excludes halogenated alkanes) is 20. The number of carbonyl (C=O) groups is 2. The van der Waals surface area contributed by atoms with Gasteiger partial charge in [0, 0.05) is 0 Å². The smallest absolute Gasteiger partial charge is 0.247 e. The molecule has 0 heterocycles. The SMILES string of the molecule is CCCCCCCCCCCCCC(=O)OOC(=O)CCCCCCCCCCCCC. The highest BCUT2D eigenvalue weighted by molar-refractivity contribution is 5.72. The summed E-state index contributed by atoms with van der Waals surface area (Å²) in [4.78, 5) is 32.7. The minimum absolute atomic E-state index is 0.336. The third-order valence-electron chi connectivity index (χ3n) is 6.20. The molecule has 0 spiro atoms. The minimum Gasteiger partial charge on any atom is -0.247 e. The van der Waals surface area contributed by atoms with Gasteiger partial charge in [-0.2, -0.15) is 0 Å². The Bertz CT molecular complexity index is 370. The second-order valence-electron chi connectivity index (χ2n) is 9.48. The van der Waals surface area contributed by atoms with Crippen molar-refractivity contribution in [3.63, 3.8) is 0 Å². The van der Waals surface area contributed by atoms with Gasteiger partial charge in [0.05, 0.1) is 12.8 Å². The monoisotopic (exact) mass is 454 g/mol. The van der Waals surface area contributed by atoms with Gasteiger partial charge in [-0.1, -0.05) is 142 Å². The fourth-order valence-electron chi connectivity index (χ4n) is 4.04. The van der Waals surface area contributed by atoms with Crippen molar-refractivity contribution < 1.29 is 19.4 Å². The highest BCUT2D eigenvalue weighted by atomic mass is 17.2. The molecule has 0 aromatic carbocycles. The molecule has 0 saturated carbocycles. The van der Waals surface area contributed by atoms with Gasteiger partial charge in [-0.05, 0) is 12.8 Å². The van der Waals surface area contributed by atoms with Gasteiger partial charge in [0.1, 0.15) is 0 Å². The molecule has 0 amide bonds. The zero-order valence-corrected chi connectivity index (χ0v) is 21.6. The van der Waals surface area contributed by atoms with Crippen molar-refractivity contribution in [2.45, 2.75) is 168 Å². The topological polar surface area (TPSA) is 52.6 Å². The van der Waals surface area contributed by atoms with Gasteiger partial charge >= 0.3 is 11.9 Å². The molecule has 4 nitrogen and oxygen atoms in total. The van der Waals surface area contributed by atoms with Crippen LogP contribution in [0.25, 0.3) is 0 Å². The number of hydrogen-bond acceptors (Lipinski definition) is 4. The van der Waals surface area contributed by atoms with E-state index in [0.717, 1.165) is 25.7 Å². The van der Waals surface area contributed by atoms with E-state index in [1.807, 2.05) is 0 Å². The molecule has 32 heavy (non-hydrogen) atoms. The molecule has 0 aliphatic carbocycles. The summed E-state index contributed by atoms with van der Waals surface area (Å²) in [6, 6.07) is 0. The van der Waals surface area contributed by atoms with Crippen molar-refractivity contribution in [3.8, 4) is 0 Å². The van der Waals surface area contributed by atoms with E-state index in [9.17, 15) is 9.59 Å². The second kappa shape index (κ2) is 26.2. The van der Waals surface area contributed by atoms with Crippen LogP contribution in [0, 0.1) is 0 Å². The molecule has 0 aliphatic rings. The first kappa shape index (κ1) is 30.9. The molecule has 0 unspecified atom stereocenters. The summed E-state index contributed by atoms with van der Waals surface area (Å²) < 4.78 is 0. The summed E-state index contributed by atoms with van der Waals surface area (Å²) in [5.41, 5.74) is 0. The van der Waals surface area contributed by atoms with Crippen LogP contribution in [0.15, 0.2) is 0 Å². The standard InChI is InChI=1S/C28H54O4/c1-3-5-7-9-11-13-15-17-19-21-23-25-27(29)31-32-28(30)26-24-22-20-18-16-14-12-10-8-6-4-2/h3-26H2,1-2H3. The Morgan fingerprint density at radius 1 is 0.375 bits per heavy atom. The molecular formula is C28H54O4. The molecule has 0 N–H and O–H groups in total. The largest absolute Gasteiger partial charge is 0.355 e. The molecule has 190 valence electrons. The molecule has 0 rings (SSSR count). The van der Waals surface area contributed by atoms with Crippen LogP contribution < -0.4 is 0 Å². The molecule has 0 atom stereocenters. The quantitative estimate of drug-likeness (QED) is 0.0827. The maximum atomic E-state index is 11.7. The van der Waals surface area contributed by atoms with Crippen molar-refractivity contribution in [2.75, 3.05) is 0 Å². The van der Waals surface area contributed by atoms with Gasteiger partial charge in [0.25, 0.3) is 0 Å². The summed E-state index contributed by atoms with van der Waals surface area (Å²) in [6.07, 6.45) is 28.0. The lowest BCUT2D eigenvalue weighted by Gasteiger charge is -2.04. The molecule has 0 aliphatic heterocycles. The second-order valence-corrected chi connectivity index (χ2v) is 9.48. The van der Waals surface area contributed by atoms with Crippen LogP contribution in [0.4, 0.5) is 0 Å². The Hall–Kier alpha value is -1.06. The Morgan fingerprint density at radius 2 is 0.594 bits per heavy atom. The predicted octanol–water partition coefficient (Wildman–Crippen LogP) is 9.39. The summed E-state index contributed by atoms with van der Waals surface area (Å²) >= 11 is 0. The van der Waals surface area contributed by atoms with Gasteiger partial charge in [-0.25, -0.2) is 19.4 Å². The first-order valence-electron chi connectivity index (χ1n) is 14.1. The Morgan fingerprint density at radius 3 is 0.844 bits per heavy atom. The van der Waals surface area contributed by atoms with Crippen LogP contribution in [-0.4, -0.2) is 11.9 Å². The lowest BCUT2D eigenvalue weighted by atomic mass is 10.1. The Balaban J connectivity index is 3.30. The third-order valence-corrected chi connectivity index (χ3v) is 6.20. The molecular weight excluding hydrogens is 400 g/mol. The molecule has 0 saturated heterocycles. The molecule has 0 bridgehead atoms. The first-order valence-corrected chi connectivity index (χ1v) is 14.1. The third kappa shape index (κ3) is 25.2. The van der Waals surface area contributed by atoms with Crippen LogP contribution in [0.3, 0.4) is 0 Å². The Kier molecular flexibility index (Phi) is 25.3. The van der Waals surface area contributed by atoms with Crippen molar-refractivity contribution in [1.82, 2.24) is 0 Å². The summed E-state index contributed by atoms with van der Waals surface area (Å²) in [5.74, 6) is -0.846. The zero-order chi connectivity index (χ0) is 23.5. The van der Waals surface area contributed by atoms with E-state index in [1.54, 1.807) is 0 Å². The molecule has 4 heteroatoms. The van der Waals surface area contributed by atoms with Crippen LogP contribution >= 0.6 is 0 Å². The molecule has 0 fully saturated rings. The van der Waals surface area contributed by atoms with Gasteiger partial charge in [-0.15, -0.1) is 0 Å². The van der Waals surface area contributed by atoms with Gasteiger partial charge in [-0.3, -0.25) is 0 Å². The Labute approximate surface area is 199 Å². The van der Waals surface area contributed by atoms with Gasteiger partial charge < -0.3 is 0 Å². The predicted molar refractivity (Wildman–Crippen MR) is 134 cm³/mol. The van der Waals surface area contributed by atoms with Crippen molar-refractivity contribution >= 4 is 11.9 Å². The van der Waals surface area contributed by atoms with Crippen LogP contribution in [0.2, 0.25) is 0 Å². The van der Waals surface area contributed by atoms with E-state index in [0.29, 0.717) is 12.8 Å². The van der Waals surface area contributed by atoms with Gasteiger partial charge in [0.2, 0.25) is 0 Å². The fourth-order valence-corrected chi connectivity index (χ4v) is 4.04. The van der Waals surface area contributed by atoms with E-state index in [1.165, 1.54) is 116 Å². The average Bonchev–Trinajstić information content (AvgIpc) is 2.79. The molecule has 0 aromatic heterocycles. The molecule has 0 aromatic rings. The number of carbonyl (C=O) groups excluding carboxylic acids is 2. The lowest BCUT2D eigenvalue weighted by molar-refractivity contribution is -0.259. The van der Waals surface area contributed by atoms with Crippen LogP contribution in [0.1, 0.15) is 168 Å². The highest BCUT2D eigenvalue weighted by Gasteiger charge is 2.09. The summed E-state index contributed by atoms with van der Waals surface area (Å²) in [6.45, 7) is 4.50. The van der Waals surface area contributed by atoms with E-state index < -0.39 is 11.9 Å². The van der Waals surface area contributed by atoms with E-state index >= 15 is 0 Å². The van der Waals surface area contributed by atoms with Crippen LogP contribution in [0.5, 0.6) is 0 Å². The average molecular weight is 455 g/mol. The highest BCUT2D eigenvalue weighted by Crippen LogP contribution is 2.13. The van der Waals surface area contributed by atoms with Gasteiger partial charge in [0.15, 0.2) is 0 Å². The normalized spacial score (nSPS) is 10.9. The lowest BCUT2D eigenvalue weighted by Crippen LogP contribution is -2.11. The maximum absolute atomic E-state index is 11.7. The van der Waals surface area contributed by atoms with E-state index in [4.69, 9.17) is 0 Å². The zero-order valence-electron chi connectivity index (χ0n) is 21.6. The maximum Gasteiger partial charge on any atom is 0.355 e. The minimum atomic E-state index is -0.423. The molecule has 0 radical (unpaired) electrons. The van der Waals surface area contributed by atoms with Crippen molar-refractivity contribution in [1.29, 1.82) is 0 Å². The van der Waals surface area contributed by atoms with Crippen molar-refractivity contribution in [2.24, 2.45) is 0 Å². The van der Waals surface area contributed by atoms with Crippen molar-refractivity contribution in [3.05, 3.63) is 0 Å². The number of rotatable bonds is 24. The van der Waals surface area contributed by atoms with Crippen LogP contribution in [-0.2, 0) is 19.4 Å².